The zero-order chi connectivity index (χ0) is 29.7. The number of pyridine rings is 1. The second-order valence-electron chi connectivity index (χ2n) is 11.5. The fraction of sp³-hybridized carbons (Fsp3) is 0.387. The molecule has 12 heteroatoms. The van der Waals surface area contributed by atoms with E-state index in [9.17, 15) is 4.39 Å². The molecule has 2 atom stereocenters. The van der Waals surface area contributed by atoms with Gasteiger partial charge in [-0.05, 0) is 68.6 Å². The third-order valence-corrected chi connectivity index (χ3v) is 8.92. The van der Waals surface area contributed by atoms with Crippen LogP contribution in [0.5, 0.6) is 11.5 Å². The average molecular weight is 607 g/mol. The Morgan fingerprint density at radius 2 is 2.00 bits per heavy atom. The van der Waals surface area contributed by atoms with Gasteiger partial charge in [-0.2, -0.15) is 0 Å². The summed E-state index contributed by atoms with van der Waals surface area (Å²) in [6.07, 6.45) is 4.74. The predicted molar refractivity (Wildman–Crippen MR) is 158 cm³/mol. The van der Waals surface area contributed by atoms with Crippen LogP contribution in [-0.2, 0) is 23.6 Å². The summed E-state index contributed by atoms with van der Waals surface area (Å²) in [4.78, 5) is 11.7. The van der Waals surface area contributed by atoms with Gasteiger partial charge in [0.05, 0.1) is 42.0 Å². The molecule has 2 unspecified atom stereocenters. The summed E-state index contributed by atoms with van der Waals surface area (Å²) in [5.41, 5.74) is 9.18. The Balaban J connectivity index is 1.08. The summed E-state index contributed by atoms with van der Waals surface area (Å²) in [5.74, 6) is 0.687. The molecule has 0 radical (unpaired) electrons. The van der Waals surface area contributed by atoms with Crippen molar-refractivity contribution >= 4 is 28.5 Å². The molecule has 3 aliphatic heterocycles. The van der Waals surface area contributed by atoms with Crippen LogP contribution >= 0.6 is 11.6 Å². The minimum absolute atomic E-state index is 0.0530. The number of rotatable bonds is 7. The summed E-state index contributed by atoms with van der Waals surface area (Å²) in [6, 6.07) is 12.2. The van der Waals surface area contributed by atoms with Gasteiger partial charge in [-0.3, -0.25) is 9.88 Å². The lowest BCUT2D eigenvalue weighted by Crippen LogP contribution is -2.35. The third kappa shape index (κ3) is 5.15. The molecule has 0 aliphatic carbocycles. The van der Waals surface area contributed by atoms with E-state index in [4.69, 9.17) is 41.7 Å². The van der Waals surface area contributed by atoms with Crippen molar-refractivity contribution in [3.05, 3.63) is 82.1 Å². The maximum atomic E-state index is 14.8. The van der Waals surface area contributed by atoms with Crippen LogP contribution in [0.1, 0.15) is 54.7 Å². The number of likely N-dealkylation sites (tertiary alicyclic amines) is 1. The number of amidine groups is 1. The van der Waals surface area contributed by atoms with Gasteiger partial charge in [0.2, 0.25) is 0 Å². The van der Waals surface area contributed by atoms with Gasteiger partial charge in [-0.1, -0.05) is 28.9 Å². The number of hydrogen-bond donors (Lipinski definition) is 2. The summed E-state index contributed by atoms with van der Waals surface area (Å²) < 4.78 is 35.3. The lowest BCUT2D eigenvalue weighted by atomic mass is 9.88. The Morgan fingerprint density at radius 1 is 1.19 bits per heavy atom. The number of nitrogens with zero attached hydrogens (tertiary/aromatic N) is 5. The number of para-hydroxylation sites is 1. The van der Waals surface area contributed by atoms with Crippen molar-refractivity contribution in [2.45, 2.75) is 57.1 Å². The van der Waals surface area contributed by atoms with Crippen molar-refractivity contribution in [2.75, 3.05) is 19.7 Å². The number of halogens is 2. The van der Waals surface area contributed by atoms with Crippen molar-refractivity contribution in [3.8, 4) is 11.5 Å². The van der Waals surface area contributed by atoms with E-state index in [0.717, 1.165) is 61.4 Å². The molecular formula is C31H32ClFN6O4. The summed E-state index contributed by atoms with van der Waals surface area (Å²) in [7, 11) is 0. The lowest BCUT2D eigenvalue weighted by molar-refractivity contribution is -0.0712. The largest absolute Gasteiger partial charge is 0.444 e. The lowest BCUT2D eigenvalue weighted by Gasteiger charge is -2.33. The minimum Gasteiger partial charge on any atom is -0.444 e. The molecule has 0 bridgehead atoms. The van der Waals surface area contributed by atoms with Gasteiger partial charge in [-0.15, -0.1) is 0 Å². The number of oxime groups is 1. The van der Waals surface area contributed by atoms with Crippen molar-refractivity contribution < 1.29 is 23.8 Å². The molecule has 0 saturated carbocycles. The molecule has 2 fully saturated rings. The highest BCUT2D eigenvalue weighted by Crippen LogP contribution is 2.49. The minimum atomic E-state index is -1.28. The molecule has 10 nitrogen and oxygen atoms in total. The molecule has 2 saturated heterocycles. The van der Waals surface area contributed by atoms with Gasteiger partial charge in [0.25, 0.3) is 5.79 Å². The number of fused-ring (bicyclic) bond motifs is 2. The average Bonchev–Trinajstić information content (AvgIpc) is 3.50. The predicted octanol–water partition coefficient (Wildman–Crippen LogP) is 5.13. The van der Waals surface area contributed by atoms with Crippen LogP contribution in [0.15, 0.2) is 53.8 Å². The second-order valence-corrected chi connectivity index (χ2v) is 11.9. The Labute approximate surface area is 252 Å². The first-order valence-electron chi connectivity index (χ1n) is 14.4. The zero-order valence-electron chi connectivity index (χ0n) is 23.7. The fourth-order valence-corrected chi connectivity index (χ4v) is 6.42. The molecule has 4 aromatic rings. The van der Waals surface area contributed by atoms with Crippen molar-refractivity contribution in [1.29, 1.82) is 0 Å². The van der Waals surface area contributed by atoms with E-state index in [1.807, 2.05) is 12.1 Å². The maximum absolute atomic E-state index is 14.8. The van der Waals surface area contributed by atoms with Crippen LogP contribution in [0.3, 0.4) is 0 Å². The number of ether oxygens (including phenoxy) is 3. The van der Waals surface area contributed by atoms with E-state index in [1.54, 1.807) is 31.3 Å². The van der Waals surface area contributed by atoms with E-state index in [-0.39, 0.29) is 17.9 Å². The number of hydrogen-bond acceptors (Lipinski definition) is 8. The SMILES string of the molecule is CC1(c2ccc(Cl)cc2F)Oc2cccc(C3CCN(Cc4nc5cc(C(N)=NO)ncc5n4CC4CCO4)CC3)c2O1. The first kappa shape index (κ1) is 27.9. The number of benzene rings is 2. The van der Waals surface area contributed by atoms with Crippen molar-refractivity contribution in [3.63, 3.8) is 0 Å². The monoisotopic (exact) mass is 606 g/mol. The van der Waals surface area contributed by atoms with E-state index >= 15 is 0 Å². The van der Waals surface area contributed by atoms with E-state index in [1.165, 1.54) is 6.07 Å². The highest BCUT2D eigenvalue weighted by atomic mass is 35.5. The molecule has 2 aromatic carbocycles. The van der Waals surface area contributed by atoms with Gasteiger partial charge in [0, 0.05) is 24.1 Å². The van der Waals surface area contributed by atoms with Crippen LogP contribution in [-0.4, -0.2) is 56.3 Å². The van der Waals surface area contributed by atoms with Gasteiger partial charge < -0.3 is 29.7 Å². The van der Waals surface area contributed by atoms with Gasteiger partial charge in [-0.25, -0.2) is 9.37 Å². The number of piperidine rings is 1. The summed E-state index contributed by atoms with van der Waals surface area (Å²) in [5, 5.41) is 12.5. The van der Waals surface area contributed by atoms with Crippen LogP contribution in [0.25, 0.3) is 11.0 Å². The second kappa shape index (κ2) is 11.0. The molecule has 3 aliphatic rings. The zero-order valence-corrected chi connectivity index (χ0v) is 24.4. The Hall–Kier alpha value is -3.93. The number of imidazole rings is 1. The number of nitrogens with two attached hydrogens (primary N) is 1. The standard InChI is InChI=1S/C31H32ClFN6O4/c1-31(22-6-5-19(32)13-23(22)33)42-27-4-2-3-21(29(27)43-31)18-7-10-38(11-8-18)17-28-36-24-14-25(30(34)37-40)35-15-26(24)39(28)16-20-9-12-41-20/h2-6,13-15,18,20,40H,7-12,16-17H2,1H3,(H2,34,37). The smallest absolute Gasteiger partial charge is 0.278 e. The van der Waals surface area contributed by atoms with Crippen LogP contribution < -0.4 is 15.2 Å². The Morgan fingerprint density at radius 3 is 2.72 bits per heavy atom. The molecule has 3 N–H and O–H groups in total. The Bertz CT molecular complexity index is 1720. The number of aromatic nitrogens is 3. The Kier molecular flexibility index (Phi) is 7.11. The van der Waals surface area contributed by atoms with E-state index < -0.39 is 11.6 Å². The highest BCUT2D eigenvalue weighted by Gasteiger charge is 2.43. The highest BCUT2D eigenvalue weighted by molar-refractivity contribution is 6.30. The van der Waals surface area contributed by atoms with E-state index in [0.29, 0.717) is 40.9 Å². The molecule has 43 heavy (non-hydrogen) atoms. The molecular weight excluding hydrogens is 575 g/mol. The van der Waals surface area contributed by atoms with Crippen LogP contribution in [0, 0.1) is 5.82 Å². The maximum Gasteiger partial charge on any atom is 0.278 e. The summed E-state index contributed by atoms with van der Waals surface area (Å²) in [6.45, 7) is 5.62. The molecule has 224 valence electrons. The van der Waals surface area contributed by atoms with Crippen molar-refractivity contribution in [2.24, 2.45) is 10.9 Å². The van der Waals surface area contributed by atoms with Crippen molar-refractivity contribution in [1.82, 2.24) is 19.4 Å². The van der Waals surface area contributed by atoms with Gasteiger partial charge in [0.15, 0.2) is 17.3 Å². The van der Waals surface area contributed by atoms with E-state index in [2.05, 4.69) is 25.7 Å². The van der Waals surface area contributed by atoms with Gasteiger partial charge >= 0.3 is 0 Å². The molecule has 7 rings (SSSR count). The van der Waals surface area contributed by atoms with Crippen LogP contribution in [0.2, 0.25) is 5.02 Å². The first-order chi connectivity index (χ1) is 20.8. The molecule has 5 heterocycles. The summed E-state index contributed by atoms with van der Waals surface area (Å²) >= 11 is 5.97. The molecule has 0 amide bonds. The quantitative estimate of drug-likeness (QED) is 0.129. The molecule has 0 spiro atoms. The normalized spacial score (nSPS) is 22.7. The third-order valence-electron chi connectivity index (χ3n) is 8.69. The first-order valence-corrected chi connectivity index (χ1v) is 14.8. The molecule has 2 aromatic heterocycles. The van der Waals surface area contributed by atoms with Crippen LogP contribution in [0.4, 0.5) is 4.39 Å². The topological polar surface area (TPSA) is 120 Å². The van der Waals surface area contributed by atoms with Gasteiger partial charge in [0.1, 0.15) is 17.3 Å². The fourth-order valence-electron chi connectivity index (χ4n) is 6.26.